The Bertz CT molecular complexity index is 3710. The molecule has 1 aliphatic rings. The highest BCUT2D eigenvalue weighted by molar-refractivity contribution is 7.16. The molecule has 7 N–H and O–H groups in total. The number of benzene rings is 4. The summed E-state index contributed by atoms with van der Waals surface area (Å²) in [6, 6.07) is 32.7. The molecule has 1 aliphatic carbocycles. The number of hydrogen-bond acceptors (Lipinski definition) is 23. The lowest BCUT2D eigenvalue weighted by atomic mass is 9.75. The second-order valence-corrected chi connectivity index (χ2v) is 27.7. The molecule has 0 bridgehead atoms. The average molecular weight is 1320 g/mol. The van der Waals surface area contributed by atoms with E-state index in [1.165, 1.54) is 45.3 Å². The number of ether oxygens (including phenoxy) is 2. The third kappa shape index (κ3) is 20.2. The highest BCUT2D eigenvalue weighted by atomic mass is 32.1. The molecule has 0 spiro atoms. The summed E-state index contributed by atoms with van der Waals surface area (Å²) < 4.78 is 11.2. The number of ketones is 1. The normalized spacial score (nSPS) is 15.3. The number of anilines is 4. The molecule has 92 heavy (non-hydrogen) atoms. The monoisotopic (exact) mass is 1320 g/mol. The molecule has 1 saturated carbocycles. The maximum atomic E-state index is 14.4. The number of carbonyl (C=O) groups is 6. The molecule has 4 aromatic heterocycles. The van der Waals surface area contributed by atoms with Crippen molar-refractivity contribution in [2.45, 2.75) is 142 Å². The van der Waals surface area contributed by atoms with E-state index in [0.717, 1.165) is 76.7 Å². The van der Waals surface area contributed by atoms with E-state index in [9.17, 15) is 33.9 Å². The lowest BCUT2D eigenvalue weighted by Crippen LogP contribution is -2.38. The first-order chi connectivity index (χ1) is 44.5. The highest BCUT2D eigenvalue weighted by Crippen LogP contribution is 2.36. The van der Waals surface area contributed by atoms with Gasteiger partial charge in [0.1, 0.15) is 45.5 Å². The second-order valence-electron chi connectivity index (χ2n) is 23.5. The molecule has 0 aliphatic heterocycles. The average Bonchev–Trinajstić information content (AvgIpc) is 1.05. The molecule has 4 heterocycles. The lowest BCUT2D eigenvalue weighted by molar-refractivity contribution is -0.148. The minimum Gasteiger partial charge on any atom is -0.464 e. The Balaban J connectivity index is 0.745. The molecule has 6 unspecified atom stereocenters. The van der Waals surface area contributed by atoms with Crippen molar-refractivity contribution in [2.75, 3.05) is 34.5 Å². The number of nitrogens with two attached hydrogens (primary N) is 1. The molecule has 22 nitrogen and oxygen atoms in total. The lowest BCUT2D eigenvalue weighted by Gasteiger charge is -2.29. The van der Waals surface area contributed by atoms with Crippen molar-refractivity contribution in [3.05, 3.63) is 151 Å². The van der Waals surface area contributed by atoms with Crippen LogP contribution in [0.3, 0.4) is 0 Å². The van der Waals surface area contributed by atoms with E-state index in [4.69, 9.17) is 15.2 Å². The fourth-order valence-electron chi connectivity index (χ4n) is 10.5. The van der Waals surface area contributed by atoms with Crippen LogP contribution in [0, 0.1) is 23.7 Å². The number of rotatable bonds is 33. The van der Waals surface area contributed by atoms with E-state index in [0.29, 0.717) is 80.7 Å². The molecular weight excluding hydrogens is 1250 g/mol. The Morgan fingerprint density at radius 3 is 1.59 bits per heavy atom. The largest absolute Gasteiger partial charge is 0.464 e. The van der Waals surface area contributed by atoms with E-state index in [1.54, 1.807) is 18.2 Å². The fourth-order valence-corrected chi connectivity index (χ4v) is 13.7. The van der Waals surface area contributed by atoms with Crippen LogP contribution in [0.1, 0.15) is 144 Å². The summed E-state index contributed by atoms with van der Waals surface area (Å²) in [5.41, 5.74) is 10.3. The van der Waals surface area contributed by atoms with E-state index in [-0.39, 0.29) is 43.2 Å². The molecule has 4 aromatic carbocycles. The molecule has 0 radical (unpaired) electrons. The van der Waals surface area contributed by atoms with Crippen LogP contribution in [-0.2, 0) is 65.6 Å². The zero-order valence-corrected chi connectivity index (χ0v) is 55.1. The van der Waals surface area contributed by atoms with E-state index >= 15 is 0 Å². The van der Waals surface area contributed by atoms with Gasteiger partial charge in [0.05, 0.1) is 11.8 Å². The number of nitrogens with zero attached hydrogens (tertiary/aromatic N) is 8. The van der Waals surface area contributed by atoms with Gasteiger partial charge >= 0.3 is 11.9 Å². The number of esters is 2. The molecule has 0 saturated heterocycles. The van der Waals surface area contributed by atoms with Crippen molar-refractivity contribution in [1.29, 1.82) is 0 Å². The minimum atomic E-state index is -0.887. The number of aliphatic hydroxyl groups is 1. The predicted molar refractivity (Wildman–Crippen MR) is 356 cm³/mol. The first kappa shape index (κ1) is 68.2. The Morgan fingerprint density at radius 2 is 1.04 bits per heavy atom. The first-order valence-corrected chi connectivity index (χ1v) is 34.4. The maximum Gasteiger partial charge on any atom is 0.323 e. The topological polar surface area (TPSA) is 318 Å². The van der Waals surface area contributed by atoms with Crippen LogP contribution in [0.5, 0.6) is 0 Å². The van der Waals surface area contributed by atoms with Crippen molar-refractivity contribution in [3.63, 3.8) is 0 Å². The molecular formula is C66H77N13O9S4. The quantitative estimate of drug-likeness (QED) is 0.00963. The van der Waals surface area contributed by atoms with Gasteiger partial charge in [0.15, 0.2) is 5.78 Å². The Hall–Kier alpha value is -8.14. The van der Waals surface area contributed by atoms with Gasteiger partial charge in [-0.3, -0.25) is 39.4 Å². The Kier molecular flexibility index (Phi) is 25.2. The summed E-state index contributed by atoms with van der Waals surface area (Å²) in [6.45, 7) is 7.09. The van der Waals surface area contributed by atoms with Gasteiger partial charge in [-0.25, -0.2) is 0 Å². The smallest absolute Gasteiger partial charge is 0.323 e. The maximum absolute atomic E-state index is 14.4. The Labute approximate surface area is 550 Å². The van der Waals surface area contributed by atoms with Gasteiger partial charge in [0, 0.05) is 55.9 Å². The van der Waals surface area contributed by atoms with Gasteiger partial charge in [0.2, 0.25) is 38.2 Å². The summed E-state index contributed by atoms with van der Waals surface area (Å²) >= 11 is 5.28. The fraction of sp³-hybridized carbons (Fsp3) is 0.424. The molecule has 484 valence electrons. The first-order valence-electron chi connectivity index (χ1n) is 31.1. The summed E-state index contributed by atoms with van der Waals surface area (Å²) in [6.07, 6.45) is 8.42. The molecule has 6 atom stereocenters. The van der Waals surface area contributed by atoms with Gasteiger partial charge in [-0.15, -0.1) is 40.8 Å². The van der Waals surface area contributed by atoms with Gasteiger partial charge in [-0.1, -0.05) is 189 Å². The number of hydrogen-bond donors (Lipinski definition) is 6. The SMILES string of the molecule is CC(C)CC(=O)OCC(C(=O)Nc1nnc(CCCCc2nnc(NC(=O)C(COC(=O)C(N)C(C)C)c3ccccc3)s2)s1)c1ccc(-c2cccc(C(=O)C3CCCCC3C(=O)Nc3nnc(CCCCc4nnc(NC(O)Cc5ccccc5)s4)s3)c2)cc1. The summed E-state index contributed by atoms with van der Waals surface area (Å²) in [7, 11) is 0. The number of amides is 3. The van der Waals surface area contributed by atoms with Crippen molar-refractivity contribution >= 4 is 101 Å². The van der Waals surface area contributed by atoms with Crippen LogP contribution < -0.4 is 27.0 Å². The second kappa shape index (κ2) is 34.0. The van der Waals surface area contributed by atoms with Gasteiger partial charge in [-0.2, -0.15) is 0 Å². The predicted octanol–water partition coefficient (Wildman–Crippen LogP) is 11.1. The highest BCUT2D eigenvalue weighted by Gasteiger charge is 2.37. The van der Waals surface area contributed by atoms with Crippen LogP contribution in [0.2, 0.25) is 0 Å². The Morgan fingerprint density at radius 1 is 0.554 bits per heavy atom. The summed E-state index contributed by atoms with van der Waals surface area (Å²) in [5, 5.41) is 61.1. The van der Waals surface area contributed by atoms with Crippen LogP contribution in [0.15, 0.2) is 109 Å². The molecule has 8 aromatic rings. The van der Waals surface area contributed by atoms with E-state index in [1.807, 2.05) is 119 Å². The number of aliphatic hydroxyl groups excluding tert-OH is 1. The molecule has 1 fully saturated rings. The number of aryl methyl sites for hydroxylation is 4. The molecule has 3 amide bonds. The number of nitrogens with one attached hydrogen (secondary N) is 4. The van der Waals surface area contributed by atoms with Crippen LogP contribution in [0.25, 0.3) is 11.1 Å². The summed E-state index contributed by atoms with van der Waals surface area (Å²) in [4.78, 5) is 81.2. The zero-order valence-electron chi connectivity index (χ0n) is 51.8. The van der Waals surface area contributed by atoms with Gasteiger partial charge < -0.3 is 30.9 Å². The number of carbonyl (C=O) groups excluding carboxylic acids is 6. The number of aromatic nitrogens is 8. The van der Waals surface area contributed by atoms with Gasteiger partial charge in [0.25, 0.3) is 0 Å². The van der Waals surface area contributed by atoms with Crippen LogP contribution in [-0.4, -0.2) is 107 Å². The number of unbranched alkanes of at least 4 members (excludes halogenated alkanes) is 2. The molecule has 9 rings (SSSR count). The van der Waals surface area contributed by atoms with Crippen molar-refractivity contribution in [2.24, 2.45) is 29.4 Å². The minimum absolute atomic E-state index is 0.0591. The third-order valence-electron chi connectivity index (χ3n) is 15.6. The summed E-state index contributed by atoms with van der Waals surface area (Å²) in [5.74, 6) is -4.95. The number of Topliss-reactive ketones (excluding diaryl/α,β-unsaturated/α-hetero) is 1. The molecule has 26 heteroatoms. The third-order valence-corrected chi connectivity index (χ3v) is 19.2. The van der Waals surface area contributed by atoms with Crippen molar-refractivity contribution < 1.29 is 43.3 Å². The van der Waals surface area contributed by atoms with E-state index < -0.39 is 59.7 Å². The van der Waals surface area contributed by atoms with Crippen molar-refractivity contribution in [1.82, 2.24) is 40.8 Å². The van der Waals surface area contributed by atoms with Gasteiger partial charge in [-0.05, 0) is 84.2 Å². The van der Waals surface area contributed by atoms with Crippen molar-refractivity contribution in [3.8, 4) is 11.1 Å². The van der Waals surface area contributed by atoms with E-state index in [2.05, 4.69) is 62.1 Å². The standard InChI is InChI=1S/C66H77N13O9S4/c1-39(2)34-56(81)87-37-49(60(84)70-65-78-74-54(91-65)28-15-16-29-55-75-79-66(92-55)71-61(85)50(43-20-9-6-10-21-43)38-88-62(86)57(67)40(3)4)44-32-30-42(31-33-44)45-22-17-23-46(36-45)58(82)47-24-11-12-25-48(47)59(83)69-64-77-73-53(90-64)27-14-13-26-52-72-76-63(89-52)68-51(80)35-41-18-7-5-8-19-41/h5-10,17-23,30-33,36,39-40,47-51,57,80H,11-16,24-29,34-35,37-38,67H2,1-4H3,(H,68,76)(H,69,77,83)(H,70,78,84)(H,71,79,85). The van der Waals surface area contributed by atoms with Crippen LogP contribution >= 0.6 is 45.3 Å². The van der Waals surface area contributed by atoms with Crippen LogP contribution in [0.4, 0.5) is 20.5 Å². The zero-order chi connectivity index (χ0) is 64.9.